The van der Waals surface area contributed by atoms with Crippen molar-refractivity contribution in [2.45, 2.75) is 25.7 Å². The van der Waals surface area contributed by atoms with Gasteiger partial charge in [-0.05, 0) is 72.2 Å². The summed E-state index contributed by atoms with van der Waals surface area (Å²) in [6.07, 6.45) is 2.17. The lowest BCUT2D eigenvalue weighted by molar-refractivity contribution is 0.388. The zero-order chi connectivity index (χ0) is 28.8. The third kappa shape index (κ3) is 6.12. The normalized spacial score (nSPS) is 10.8. The number of methoxy groups -OCH3 is 4. The van der Waals surface area contributed by atoms with Gasteiger partial charge in [-0.2, -0.15) is 0 Å². The third-order valence-electron chi connectivity index (χ3n) is 6.96. The van der Waals surface area contributed by atoms with Crippen LogP contribution in [-0.4, -0.2) is 48.9 Å². The number of ether oxygens (including phenoxy) is 4. The van der Waals surface area contributed by atoms with E-state index in [-0.39, 0.29) is 23.0 Å². The summed E-state index contributed by atoms with van der Waals surface area (Å²) >= 11 is 0. The summed E-state index contributed by atoms with van der Waals surface area (Å²) in [5.74, 6) is 2.57. The summed E-state index contributed by atoms with van der Waals surface area (Å²) < 4.78 is 22.8. The van der Waals surface area contributed by atoms with E-state index in [1.807, 2.05) is 24.3 Å². The highest BCUT2D eigenvalue weighted by Crippen LogP contribution is 2.43. The zero-order valence-corrected chi connectivity index (χ0v) is 23.0. The molecular formula is C32H34O8. The third-order valence-corrected chi connectivity index (χ3v) is 6.96. The van der Waals surface area contributed by atoms with E-state index in [2.05, 4.69) is 0 Å². The van der Waals surface area contributed by atoms with Crippen LogP contribution in [0.25, 0.3) is 11.1 Å². The molecule has 4 N–H and O–H groups in total. The fourth-order valence-corrected chi connectivity index (χ4v) is 4.81. The second kappa shape index (κ2) is 12.4. The lowest BCUT2D eigenvalue weighted by Gasteiger charge is -2.19. The molecule has 0 aliphatic rings. The summed E-state index contributed by atoms with van der Waals surface area (Å²) in [5.41, 5.74) is 4.80. The molecule has 0 spiro atoms. The number of phenols is 4. The highest BCUT2D eigenvalue weighted by molar-refractivity contribution is 5.79. The van der Waals surface area contributed by atoms with Crippen LogP contribution in [0, 0.1) is 0 Å². The first kappa shape index (κ1) is 28.3. The van der Waals surface area contributed by atoms with Gasteiger partial charge in [-0.3, -0.25) is 0 Å². The summed E-state index contributed by atoms with van der Waals surface area (Å²) in [6, 6.07) is 16.8. The molecular weight excluding hydrogens is 512 g/mol. The van der Waals surface area contributed by atoms with Gasteiger partial charge in [-0.15, -0.1) is 0 Å². The molecule has 8 nitrogen and oxygen atoms in total. The molecule has 4 aromatic carbocycles. The van der Waals surface area contributed by atoms with Crippen LogP contribution in [0.15, 0.2) is 60.7 Å². The molecule has 0 aromatic heterocycles. The largest absolute Gasteiger partial charge is 0.508 e. The first-order valence-corrected chi connectivity index (χ1v) is 12.8. The minimum Gasteiger partial charge on any atom is -0.508 e. The van der Waals surface area contributed by atoms with Crippen molar-refractivity contribution < 1.29 is 39.4 Å². The van der Waals surface area contributed by atoms with Crippen LogP contribution in [0.2, 0.25) is 0 Å². The quantitative estimate of drug-likeness (QED) is 0.187. The molecule has 40 heavy (non-hydrogen) atoms. The molecule has 0 unspecified atom stereocenters. The Morgan fingerprint density at radius 3 is 1.10 bits per heavy atom. The van der Waals surface area contributed by atoms with Crippen molar-refractivity contribution >= 4 is 0 Å². The minimum absolute atomic E-state index is 0.00796. The molecule has 0 amide bonds. The van der Waals surface area contributed by atoms with Gasteiger partial charge in [0.05, 0.1) is 28.4 Å². The molecule has 0 atom stereocenters. The van der Waals surface area contributed by atoms with Gasteiger partial charge in [0.1, 0.15) is 46.0 Å². The van der Waals surface area contributed by atoms with E-state index < -0.39 is 0 Å². The van der Waals surface area contributed by atoms with Crippen molar-refractivity contribution in [1.82, 2.24) is 0 Å². The molecule has 0 heterocycles. The Morgan fingerprint density at radius 2 is 0.775 bits per heavy atom. The average molecular weight is 547 g/mol. The molecule has 0 aliphatic heterocycles. The van der Waals surface area contributed by atoms with Crippen molar-refractivity contribution in [2.24, 2.45) is 0 Å². The summed E-state index contributed by atoms with van der Waals surface area (Å²) in [5, 5.41) is 39.8. The number of benzene rings is 4. The number of aryl methyl sites for hydroxylation is 4. The van der Waals surface area contributed by atoms with Crippen LogP contribution in [0.5, 0.6) is 46.0 Å². The smallest absolute Gasteiger partial charge is 0.130 e. The summed E-state index contributed by atoms with van der Waals surface area (Å²) in [4.78, 5) is 0. The van der Waals surface area contributed by atoms with Crippen LogP contribution < -0.4 is 18.9 Å². The molecule has 4 aromatic rings. The number of aromatic hydroxyl groups is 4. The average Bonchev–Trinajstić information content (AvgIpc) is 2.95. The number of hydrogen-bond donors (Lipinski definition) is 4. The molecule has 0 bridgehead atoms. The van der Waals surface area contributed by atoms with Gasteiger partial charge in [-0.25, -0.2) is 0 Å². The Labute approximate surface area is 233 Å². The van der Waals surface area contributed by atoms with Crippen LogP contribution in [0.3, 0.4) is 0 Å². The zero-order valence-electron chi connectivity index (χ0n) is 23.0. The predicted molar refractivity (Wildman–Crippen MR) is 152 cm³/mol. The van der Waals surface area contributed by atoms with Gasteiger partial charge in [0.2, 0.25) is 0 Å². The van der Waals surface area contributed by atoms with Gasteiger partial charge in [0.15, 0.2) is 0 Å². The first-order valence-electron chi connectivity index (χ1n) is 12.8. The van der Waals surface area contributed by atoms with Gasteiger partial charge >= 0.3 is 0 Å². The maximum atomic E-state index is 10.3. The topological polar surface area (TPSA) is 118 Å². The Morgan fingerprint density at radius 1 is 0.425 bits per heavy atom. The monoisotopic (exact) mass is 546 g/mol. The molecule has 0 aliphatic carbocycles. The minimum atomic E-state index is 0.00796. The maximum absolute atomic E-state index is 10.3. The van der Waals surface area contributed by atoms with E-state index in [9.17, 15) is 20.4 Å². The van der Waals surface area contributed by atoms with Gasteiger partial charge in [0, 0.05) is 35.4 Å². The number of phenolic OH excluding ortho intramolecular Hbond substituents is 4. The molecule has 0 fully saturated rings. The SMILES string of the molecule is COc1cc(OC)c(-c2cc(CCc3ccc(O)cc3O)c(OC)cc2OC)cc1CCc1ccc(O)cc1O. The van der Waals surface area contributed by atoms with Gasteiger partial charge in [-0.1, -0.05) is 12.1 Å². The van der Waals surface area contributed by atoms with Crippen LogP contribution in [-0.2, 0) is 25.7 Å². The molecule has 0 radical (unpaired) electrons. The highest BCUT2D eigenvalue weighted by atomic mass is 16.5. The Hall–Kier alpha value is -4.72. The first-order chi connectivity index (χ1) is 19.3. The van der Waals surface area contributed by atoms with Crippen LogP contribution >= 0.6 is 0 Å². The fraction of sp³-hybridized carbons (Fsp3) is 0.250. The van der Waals surface area contributed by atoms with E-state index in [1.165, 1.54) is 12.1 Å². The molecule has 0 saturated carbocycles. The molecule has 210 valence electrons. The molecule has 0 saturated heterocycles. The van der Waals surface area contributed by atoms with Gasteiger partial charge < -0.3 is 39.4 Å². The lowest BCUT2D eigenvalue weighted by Crippen LogP contribution is -2.02. The van der Waals surface area contributed by atoms with E-state index in [4.69, 9.17) is 18.9 Å². The lowest BCUT2D eigenvalue weighted by atomic mass is 9.93. The van der Waals surface area contributed by atoms with Crippen LogP contribution in [0.4, 0.5) is 0 Å². The van der Waals surface area contributed by atoms with Gasteiger partial charge in [0.25, 0.3) is 0 Å². The Kier molecular flexibility index (Phi) is 8.79. The van der Waals surface area contributed by atoms with Crippen molar-refractivity contribution in [3.8, 4) is 57.1 Å². The van der Waals surface area contributed by atoms with E-state index in [1.54, 1.807) is 52.7 Å². The van der Waals surface area contributed by atoms with Crippen LogP contribution in [0.1, 0.15) is 22.3 Å². The Balaban J connectivity index is 1.74. The van der Waals surface area contributed by atoms with Crippen molar-refractivity contribution in [2.75, 3.05) is 28.4 Å². The number of hydrogen-bond acceptors (Lipinski definition) is 8. The predicted octanol–water partition coefficient (Wildman–Crippen LogP) is 5.78. The fourth-order valence-electron chi connectivity index (χ4n) is 4.81. The highest BCUT2D eigenvalue weighted by Gasteiger charge is 2.20. The van der Waals surface area contributed by atoms with Crippen molar-refractivity contribution in [1.29, 1.82) is 0 Å². The molecule has 8 heteroatoms. The number of rotatable bonds is 11. The summed E-state index contributed by atoms with van der Waals surface area (Å²) in [6.45, 7) is 0. The van der Waals surface area contributed by atoms with E-state index in [0.29, 0.717) is 59.8 Å². The van der Waals surface area contributed by atoms with E-state index in [0.717, 1.165) is 22.3 Å². The van der Waals surface area contributed by atoms with Crippen molar-refractivity contribution in [3.05, 3.63) is 82.9 Å². The molecule has 4 rings (SSSR count). The van der Waals surface area contributed by atoms with Crippen molar-refractivity contribution in [3.63, 3.8) is 0 Å². The second-order valence-corrected chi connectivity index (χ2v) is 9.35. The Bertz CT molecular complexity index is 1380. The maximum Gasteiger partial charge on any atom is 0.130 e. The second-order valence-electron chi connectivity index (χ2n) is 9.35. The van der Waals surface area contributed by atoms with E-state index >= 15 is 0 Å². The standard InChI is InChI=1S/C32H34O8/c1-37-29-17-31(39-3)25(13-21(29)7-5-19-9-11-23(33)15-27(19)35)26-14-22(30(38-2)18-32(26)40-4)8-6-20-10-12-24(34)16-28(20)36/h9-18,33-36H,5-8H2,1-4H3. The summed E-state index contributed by atoms with van der Waals surface area (Å²) in [7, 11) is 6.38.